The molecule has 0 radical (unpaired) electrons. The second-order valence-corrected chi connectivity index (χ2v) is 7.56. The Morgan fingerprint density at radius 2 is 1.93 bits per heavy atom. The predicted molar refractivity (Wildman–Crippen MR) is 107 cm³/mol. The number of rotatable bonds is 6. The number of aromatic nitrogens is 4. The average Bonchev–Trinajstić information content (AvgIpc) is 3.22. The minimum Gasteiger partial charge on any atom is -0.390 e. The summed E-state index contributed by atoms with van der Waals surface area (Å²) in [6.07, 6.45) is 6.06. The van der Waals surface area contributed by atoms with Crippen molar-refractivity contribution >= 4 is 22.7 Å². The molecule has 0 bridgehead atoms. The summed E-state index contributed by atoms with van der Waals surface area (Å²) in [5.41, 5.74) is 13.3. The number of nitrogens with zero attached hydrogens (tertiary/aromatic N) is 4. The summed E-state index contributed by atoms with van der Waals surface area (Å²) in [6.45, 7) is 0. The number of hydrogen-bond donors (Lipinski definition) is 4. The summed E-state index contributed by atoms with van der Waals surface area (Å²) in [7, 11) is 0. The van der Waals surface area contributed by atoms with E-state index in [9.17, 15) is 10.2 Å². The van der Waals surface area contributed by atoms with Crippen LogP contribution in [0, 0.1) is 5.92 Å². The molecule has 8 heteroatoms. The number of anilines is 2. The van der Waals surface area contributed by atoms with Crippen LogP contribution in [0.25, 0.3) is 11.0 Å². The molecular weight excluding hydrogens is 356 g/mol. The van der Waals surface area contributed by atoms with Gasteiger partial charge in [0.1, 0.15) is 29.7 Å². The highest BCUT2D eigenvalue weighted by atomic mass is 16.3. The number of aliphatic hydroxyl groups is 2. The largest absolute Gasteiger partial charge is 0.390 e. The molecule has 0 amide bonds. The number of hydrogen-bond acceptors (Lipinski definition) is 7. The number of pyridine rings is 1. The monoisotopic (exact) mass is 382 g/mol. The molecule has 0 aromatic carbocycles. The molecule has 1 aliphatic carbocycles. The van der Waals surface area contributed by atoms with Crippen LogP contribution >= 0.6 is 0 Å². The molecule has 0 unspecified atom stereocenters. The van der Waals surface area contributed by atoms with E-state index in [0.717, 1.165) is 36.8 Å². The van der Waals surface area contributed by atoms with E-state index in [1.807, 2.05) is 29.0 Å². The molecule has 3 heterocycles. The number of nitrogens with two attached hydrogens (primary N) is 2. The van der Waals surface area contributed by atoms with E-state index in [2.05, 4.69) is 15.0 Å². The minimum atomic E-state index is -0.827. The van der Waals surface area contributed by atoms with E-state index < -0.39 is 12.2 Å². The van der Waals surface area contributed by atoms with Crippen molar-refractivity contribution in [2.75, 3.05) is 11.5 Å². The molecule has 4 atom stereocenters. The van der Waals surface area contributed by atoms with Crippen molar-refractivity contribution in [2.24, 2.45) is 5.92 Å². The summed E-state index contributed by atoms with van der Waals surface area (Å²) in [4.78, 5) is 12.6. The van der Waals surface area contributed by atoms with Gasteiger partial charge < -0.3 is 26.2 Å². The Labute approximate surface area is 163 Å². The summed E-state index contributed by atoms with van der Waals surface area (Å²) < 4.78 is 1.91. The zero-order chi connectivity index (χ0) is 19.7. The Balaban J connectivity index is 1.38. The van der Waals surface area contributed by atoms with Gasteiger partial charge in [-0.05, 0) is 49.8 Å². The minimum absolute atomic E-state index is 0.0467. The lowest BCUT2D eigenvalue weighted by molar-refractivity contribution is 0.00502. The van der Waals surface area contributed by atoms with Crippen molar-refractivity contribution in [3.05, 3.63) is 42.5 Å². The van der Waals surface area contributed by atoms with Crippen LogP contribution in [0.1, 0.15) is 37.4 Å². The average molecular weight is 382 g/mol. The molecule has 1 aliphatic rings. The van der Waals surface area contributed by atoms with Crippen LogP contribution in [0.4, 0.5) is 11.6 Å². The van der Waals surface area contributed by atoms with Gasteiger partial charge >= 0.3 is 0 Å². The van der Waals surface area contributed by atoms with E-state index in [-0.39, 0.29) is 12.0 Å². The lowest BCUT2D eigenvalue weighted by Gasteiger charge is -2.19. The van der Waals surface area contributed by atoms with Gasteiger partial charge in [-0.3, -0.25) is 0 Å². The smallest absolute Gasteiger partial charge is 0.145 e. The molecule has 148 valence electrons. The molecular formula is C20H26N6O2. The lowest BCUT2D eigenvalue weighted by Crippen LogP contribution is -2.29. The lowest BCUT2D eigenvalue weighted by atomic mass is 9.97. The van der Waals surface area contributed by atoms with Crippen molar-refractivity contribution in [3.63, 3.8) is 0 Å². The first-order valence-electron chi connectivity index (χ1n) is 9.69. The highest BCUT2D eigenvalue weighted by Gasteiger charge is 2.42. The fourth-order valence-corrected chi connectivity index (χ4v) is 4.27. The van der Waals surface area contributed by atoms with Gasteiger partial charge in [-0.2, -0.15) is 0 Å². The van der Waals surface area contributed by atoms with Crippen molar-refractivity contribution in [1.82, 2.24) is 19.5 Å². The van der Waals surface area contributed by atoms with Gasteiger partial charge in [0.2, 0.25) is 0 Å². The van der Waals surface area contributed by atoms with E-state index in [1.54, 1.807) is 6.07 Å². The second kappa shape index (κ2) is 7.73. The third-order valence-electron chi connectivity index (χ3n) is 5.75. The number of fused-ring (bicyclic) bond motifs is 1. The quantitative estimate of drug-likeness (QED) is 0.476. The number of nitrogen functional groups attached to an aromatic ring is 2. The van der Waals surface area contributed by atoms with Crippen LogP contribution in [0.3, 0.4) is 0 Å². The third kappa shape index (κ3) is 3.53. The van der Waals surface area contributed by atoms with Crippen LogP contribution in [-0.2, 0) is 6.42 Å². The molecule has 6 N–H and O–H groups in total. The summed E-state index contributed by atoms with van der Waals surface area (Å²) in [5.74, 6) is 1.01. The highest BCUT2D eigenvalue weighted by Crippen LogP contribution is 2.39. The highest BCUT2D eigenvalue weighted by molar-refractivity contribution is 5.86. The topological polar surface area (TPSA) is 136 Å². The molecule has 28 heavy (non-hydrogen) atoms. The summed E-state index contributed by atoms with van der Waals surface area (Å²) in [6, 6.07) is 7.31. The van der Waals surface area contributed by atoms with Crippen molar-refractivity contribution < 1.29 is 10.2 Å². The zero-order valence-corrected chi connectivity index (χ0v) is 15.6. The standard InChI is InChI=1S/C20H26N6O2/c21-16-7-3-6-13(25-16)5-2-1-4-12-10-15(18(28)17(12)27)26-9-8-14-19(22)23-11-24-20(14)26/h3,6-9,11-12,15,17-18,27-28H,1-2,4-5,10H2,(H2,21,25)(H2,22,23,24)/t12-,15+,17+,18-/m0/s1. The number of aliphatic hydroxyl groups excluding tert-OH is 2. The van der Waals surface area contributed by atoms with Gasteiger partial charge in [0.05, 0.1) is 17.5 Å². The van der Waals surface area contributed by atoms with Gasteiger partial charge in [0, 0.05) is 11.9 Å². The SMILES string of the molecule is Nc1cccc(CCCC[C@H]2C[C@@H](n3ccc4c(N)ncnc43)[C@H](O)[C@@H]2O)n1. The predicted octanol–water partition coefficient (Wildman–Crippen LogP) is 1.69. The van der Waals surface area contributed by atoms with Crippen LogP contribution in [0.15, 0.2) is 36.8 Å². The van der Waals surface area contributed by atoms with Gasteiger partial charge in [-0.1, -0.05) is 12.5 Å². The Kier molecular flexibility index (Phi) is 5.15. The maximum absolute atomic E-state index is 10.6. The van der Waals surface area contributed by atoms with Gasteiger partial charge in [-0.25, -0.2) is 15.0 Å². The summed E-state index contributed by atoms with van der Waals surface area (Å²) in [5, 5.41) is 21.9. The van der Waals surface area contributed by atoms with Crippen LogP contribution in [0.5, 0.6) is 0 Å². The van der Waals surface area contributed by atoms with Crippen molar-refractivity contribution in [3.8, 4) is 0 Å². The van der Waals surface area contributed by atoms with E-state index in [0.29, 0.717) is 23.7 Å². The fourth-order valence-electron chi connectivity index (χ4n) is 4.27. The Hall–Kier alpha value is -2.71. The zero-order valence-electron chi connectivity index (χ0n) is 15.6. The van der Waals surface area contributed by atoms with E-state index in [1.165, 1.54) is 6.33 Å². The summed E-state index contributed by atoms with van der Waals surface area (Å²) >= 11 is 0. The van der Waals surface area contributed by atoms with Crippen LogP contribution in [0.2, 0.25) is 0 Å². The molecule has 1 fully saturated rings. The maximum Gasteiger partial charge on any atom is 0.145 e. The molecule has 0 aliphatic heterocycles. The first-order valence-corrected chi connectivity index (χ1v) is 9.69. The Morgan fingerprint density at radius 3 is 2.75 bits per heavy atom. The van der Waals surface area contributed by atoms with Gasteiger partial charge in [-0.15, -0.1) is 0 Å². The van der Waals surface area contributed by atoms with E-state index in [4.69, 9.17) is 11.5 Å². The van der Waals surface area contributed by atoms with Crippen LogP contribution < -0.4 is 11.5 Å². The first-order chi connectivity index (χ1) is 13.5. The molecule has 3 aromatic heterocycles. The maximum atomic E-state index is 10.6. The Morgan fingerprint density at radius 1 is 1.07 bits per heavy atom. The third-order valence-corrected chi connectivity index (χ3v) is 5.75. The van der Waals surface area contributed by atoms with Crippen molar-refractivity contribution in [2.45, 2.75) is 50.4 Å². The van der Waals surface area contributed by atoms with Gasteiger partial charge in [0.15, 0.2) is 0 Å². The van der Waals surface area contributed by atoms with Gasteiger partial charge in [0.25, 0.3) is 0 Å². The Bertz CT molecular complexity index is 959. The molecule has 1 saturated carbocycles. The number of aryl methyl sites for hydroxylation is 1. The second-order valence-electron chi connectivity index (χ2n) is 7.56. The van der Waals surface area contributed by atoms with E-state index >= 15 is 0 Å². The number of unbranched alkanes of at least 4 members (excludes halogenated alkanes) is 1. The normalized spacial score (nSPS) is 24.8. The van der Waals surface area contributed by atoms with Crippen LogP contribution in [-0.4, -0.2) is 41.9 Å². The fraction of sp³-hybridized carbons (Fsp3) is 0.450. The molecule has 0 spiro atoms. The molecule has 8 nitrogen and oxygen atoms in total. The van der Waals surface area contributed by atoms with Crippen molar-refractivity contribution in [1.29, 1.82) is 0 Å². The molecule has 4 rings (SSSR count). The molecule has 0 saturated heterocycles. The molecule has 3 aromatic rings. The first kappa shape index (κ1) is 18.6.